The van der Waals surface area contributed by atoms with Gasteiger partial charge in [-0.15, -0.1) is 0 Å². The van der Waals surface area contributed by atoms with Crippen molar-refractivity contribution in [2.75, 3.05) is 6.54 Å². The zero-order chi connectivity index (χ0) is 15.0. The maximum absolute atomic E-state index is 5.45. The van der Waals surface area contributed by atoms with E-state index in [0.717, 1.165) is 31.1 Å². The van der Waals surface area contributed by atoms with E-state index >= 15 is 0 Å². The Morgan fingerprint density at radius 1 is 1.25 bits per heavy atom. The lowest BCUT2D eigenvalue weighted by Crippen LogP contribution is -2.31. The Bertz CT molecular complexity index is 360. The molecule has 1 aromatic rings. The van der Waals surface area contributed by atoms with Crippen LogP contribution in [0.5, 0.6) is 0 Å². The fourth-order valence-corrected chi connectivity index (χ4v) is 2.11. The van der Waals surface area contributed by atoms with Crippen LogP contribution < -0.4 is 5.32 Å². The summed E-state index contributed by atoms with van der Waals surface area (Å²) in [6, 6.07) is 3.08. The topological polar surface area (TPSA) is 41.3 Å². The summed E-state index contributed by atoms with van der Waals surface area (Å²) < 4.78 is 5.45. The third-order valence-corrected chi connectivity index (χ3v) is 3.44. The minimum absolute atomic E-state index is 0.469. The summed E-state index contributed by atoms with van der Waals surface area (Å²) in [5, 5.41) is 7.49. The molecule has 0 aliphatic rings. The highest BCUT2D eigenvalue weighted by atomic mass is 16.5. The van der Waals surface area contributed by atoms with E-state index in [1.165, 1.54) is 19.3 Å². The molecule has 4 nitrogen and oxygen atoms in total. The molecule has 0 amide bonds. The van der Waals surface area contributed by atoms with E-state index in [4.69, 9.17) is 4.52 Å². The van der Waals surface area contributed by atoms with Crippen LogP contribution in [0, 0.1) is 0 Å². The molecule has 1 rings (SSSR count). The van der Waals surface area contributed by atoms with Gasteiger partial charge >= 0.3 is 0 Å². The predicted molar refractivity (Wildman–Crippen MR) is 83.5 cm³/mol. The highest BCUT2D eigenvalue weighted by molar-refractivity contribution is 5.05. The first-order valence-corrected chi connectivity index (χ1v) is 7.94. The summed E-state index contributed by atoms with van der Waals surface area (Å²) in [5.41, 5.74) is 0.992. The van der Waals surface area contributed by atoms with Crippen molar-refractivity contribution in [1.82, 2.24) is 15.4 Å². The molecule has 0 radical (unpaired) electrons. The molecule has 20 heavy (non-hydrogen) atoms. The SMILES string of the molecule is CCCCCN(Cc1cc(CNC(C)C)no1)C(C)C. The lowest BCUT2D eigenvalue weighted by Gasteiger charge is -2.24. The third-order valence-electron chi connectivity index (χ3n) is 3.44. The van der Waals surface area contributed by atoms with E-state index in [9.17, 15) is 0 Å². The van der Waals surface area contributed by atoms with Gasteiger partial charge in [0.05, 0.1) is 12.2 Å². The fourth-order valence-electron chi connectivity index (χ4n) is 2.11. The second kappa shape index (κ2) is 9.14. The van der Waals surface area contributed by atoms with Crippen molar-refractivity contribution in [3.8, 4) is 0 Å². The van der Waals surface area contributed by atoms with Crippen LogP contribution in [0.4, 0.5) is 0 Å². The number of hydrogen-bond donors (Lipinski definition) is 1. The zero-order valence-corrected chi connectivity index (χ0v) is 13.8. The summed E-state index contributed by atoms with van der Waals surface area (Å²) >= 11 is 0. The van der Waals surface area contributed by atoms with Gasteiger partial charge in [0.15, 0.2) is 5.76 Å². The minimum atomic E-state index is 0.469. The second-order valence-corrected chi connectivity index (χ2v) is 6.09. The van der Waals surface area contributed by atoms with Crippen molar-refractivity contribution in [3.63, 3.8) is 0 Å². The Balaban J connectivity index is 2.47. The van der Waals surface area contributed by atoms with Gasteiger partial charge in [0, 0.05) is 24.7 Å². The molecule has 1 aromatic heterocycles. The molecule has 0 atom stereocenters. The Hall–Kier alpha value is -0.870. The van der Waals surface area contributed by atoms with Gasteiger partial charge in [-0.2, -0.15) is 0 Å². The lowest BCUT2D eigenvalue weighted by molar-refractivity contribution is 0.185. The van der Waals surface area contributed by atoms with Gasteiger partial charge in [-0.25, -0.2) is 0 Å². The molecular weight excluding hydrogens is 250 g/mol. The summed E-state index contributed by atoms with van der Waals surface area (Å²) in [5.74, 6) is 0.968. The van der Waals surface area contributed by atoms with Crippen LogP contribution in [0.2, 0.25) is 0 Å². The van der Waals surface area contributed by atoms with Crippen molar-refractivity contribution < 1.29 is 4.52 Å². The molecule has 0 aliphatic heterocycles. The smallest absolute Gasteiger partial charge is 0.151 e. The van der Waals surface area contributed by atoms with E-state index in [1.54, 1.807) is 0 Å². The molecule has 116 valence electrons. The van der Waals surface area contributed by atoms with Gasteiger partial charge in [-0.1, -0.05) is 38.8 Å². The average Bonchev–Trinajstić information content (AvgIpc) is 2.83. The molecule has 0 unspecified atom stereocenters. The average molecular weight is 281 g/mol. The van der Waals surface area contributed by atoms with Gasteiger partial charge in [0.2, 0.25) is 0 Å². The van der Waals surface area contributed by atoms with Gasteiger partial charge in [-0.3, -0.25) is 4.90 Å². The summed E-state index contributed by atoms with van der Waals surface area (Å²) in [7, 11) is 0. The lowest BCUT2D eigenvalue weighted by atomic mass is 10.2. The Morgan fingerprint density at radius 3 is 2.60 bits per heavy atom. The molecule has 0 bridgehead atoms. The molecule has 1 N–H and O–H groups in total. The van der Waals surface area contributed by atoms with Crippen LogP contribution in [-0.2, 0) is 13.1 Å². The largest absolute Gasteiger partial charge is 0.360 e. The Kier molecular flexibility index (Phi) is 7.85. The molecule has 4 heteroatoms. The summed E-state index contributed by atoms with van der Waals surface area (Å²) in [6.45, 7) is 13.8. The van der Waals surface area contributed by atoms with Crippen LogP contribution in [0.3, 0.4) is 0 Å². The van der Waals surface area contributed by atoms with E-state index in [2.05, 4.69) is 56.1 Å². The van der Waals surface area contributed by atoms with E-state index in [-0.39, 0.29) is 0 Å². The second-order valence-electron chi connectivity index (χ2n) is 6.09. The Morgan fingerprint density at radius 2 is 2.00 bits per heavy atom. The number of unbranched alkanes of at least 4 members (excludes halogenated alkanes) is 2. The predicted octanol–water partition coefficient (Wildman–Crippen LogP) is 3.57. The van der Waals surface area contributed by atoms with Crippen molar-refractivity contribution in [2.45, 2.75) is 79.1 Å². The maximum atomic E-state index is 5.45. The molecular formula is C16H31N3O. The molecule has 0 saturated heterocycles. The van der Waals surface area contributed by atoms with Crippen molar-refractivity contribution in [1.29, 1.82) is 0 Å². The third kappa shape index (κ3) is 6.53. The fraction of sp³-hybridized carbons (Fsp3) is 0.812. The molecule has 0 fully saturated rings. The molecule has 0 spiro atoms. The first-order chi connectivity index (χ1) is 9.52. The Labute approximate surface area is 123 Å². The summed E-state index contributed by atoms with van der Waals surface area (Å²) in [6.07, 6.45) is 3.81. The van der Waals surface area contributed by atoms with Crippen LogP contribution in [0.15, 0.2) is 10.6 Å². The number of aromatic nitrogens is 1. The molecule has 0 aromatic carbocycles. The van der Waals surface area contributed by atoms with E-state index in [1.807, 2.05) is 0 Å². The summed E-state index contributed by atoms with van der Waals surface area (Å²) in [4.78, 5) is 2.45. The number of nitrogens with zero attached hydrogens (tertiary/aromatic N) is 2. The normalized spacial score (nSPS) is 12.0. The van der Waals surface area contributed by atoms with Gasteiger partial charge < -0.3 is 9.84 Å². The van der Waals surface area contributed by atoms with Gasteiger partial charge in [-0.05, 0) is 26.8 Å². The quantitative estimate of drug-likeness (QED) is 0.666. The van der Waals surface area contributed by atoms with Crippen molar-refractivity contribution in [2.24, 2.45) is 0 Å². The van der Waals surface area contributed by atoms with Crippen molar-refractivity contribution in [3.05, 3.63) is 17.5 Å². The monoisotopic (exact) mass is 281 g/mol. The standard InChI is InChI=1S/C16H31N3O/c1-6-7-8-9-19(14(4)5)12-16-10-15(18-20-16)11-17-13(2)3/h10,13-14,17H,6-9,11-12H2,1-5H3. The first kappa shape index (κ1) is 17.2. The van der Waals surface area contributed by atoms with Crippen LogP contribution in [0.25, 0.3) is 0 Å². The number of rotatable bonds is 10. The number of hydrogen-bond acceptors (Lipinski definition) is 4. The molecule has 0 saturated carbocycles. The van der Waals surface area contributed by atoms with Gasteiger partial charge in [0.25, 0.3) is 0 Å². The van der Waals surface area contributed by atoms with Crippen molar-refractivity contribution >= 4 is 0 Å². The van der Waals surface area contributed by atoms with E-state index < -0.39 is 0 Å². The van der Waals surface area contributed by atoms with Gasteiger partial charge in [0.1, 0.15) is 0 Å². The minimum Gasteiger partial charge on any atom is -0.360 e. The maximum Gasteiger partial charge on any atom is 0.151 e. The van der Waals surface area contributed by atoms with Crippen LogP contribution in [-0.4, -0.2) is 28.7 Å². The van der Waals surface area contributed by atoms with Crippen LogP contribution in [0.1, 0.15) is 65.3 Å². The van der Waals surface area contributed by atoms with E-state index in [0.29, 0.717) is 12.1 Å². The number of nitrogens with one attached hydrogen (secondary N) is 1. The first-order valence-electron chi connectivity index (χ1n) is 7.94. The zero-order valence-electron chi connectivity index (χ0n) is 13.8. The highest BCUT2D eigenvalue weighted by Gasteiger charge is 2.13. The highest BCUT2D eigenvalue weighted by Crippen LogP contribution is 2.11. The molecule has 1 heterocycles. The molecule has 0 aliphatic carbocycles. The van der Waals surface area contributed by atoms with Crippen LogP contribution >= 0.6 is 0 Å².